The molecule has 1 aromatic heterocycles. The Kier molecular flexibility index (Phi) is 5.55. The van der Waals surface area contributed by atoms with Crippen molar-refractivity contribution in [2.75, 3.05) is 13.6 Å². The average Bonchev–Trinajstić information content (AvgIpc) is 3.21. The number of likely N-dealkylation sites (N-methyl/N-ethyl adjacent to an activating group) is 1. The molecule has 0 atom stereocenters. The van der Waals surface area contributed by atoms with E-state index in [0.717, 1.165) is 10.4 Å². The first kappa shape index (κ1) is 18.8. The van der Waals surface area contributed by atoms with Gasteiger partial charge in [0.05, 0.1) is 28.7 Å². The molecule has 2 amide bonds. The summed E-state index contributed by atoms with van der Waals surface area (Å²) in [6.45, 7) is 0.743. The highest BCUT2D eigenvalue weighted by molar-refractivity contribution is 7.09. The number of rotatable bonds is 5. The minimum Gasteiger partial charge on any atom is -0.503 e. The SMILES string of the molecule is CN(Cc1ccc(Cl)c(Cl)c1)C(=O)C1=C(O)C(=O)N(Cc2cccs2)C1. The predicted octanol–water partition coefficient (Wildman–Crippen LogP) is 3.87. The number of halogens is 2. The lowest BCUT2D eigenvalue weighted by Crippen LogP contribution is -2.31. The van der Waals surface area contributed by atoms with Crippen LogP contribution in [0.2, 0.25) is 10.0 Å². The van der Waals surface area contributed by atoms with Crippen LogP contribution in [0, 0.1) is 0 Å². The summed E-state index contributed by atoms with van der Waals surface area (Å²) in [5, 5.41) is 12.9. The molecule has 0 radical (unpaired) electrons. The highest BCUT2D eigenvalue weighted by Gasteiger charge is 2.35. The van der Waals surface area contributed by atoms with E-state index in [9.17, 15) is 14.7 Å². The van der Waals surface area contributed by atoms with Gasteiger partial charge in [-0.25, -0.2) is 0 Å². The second kappa shape index (κ2) is 7.70. The fraction of sp³-hybridized carbons (Fsp3) is 0.222. The predicted molar refractivity (Wildman–Crippen MR) is 102 cm³/mol. The van der Waals surface area contributed by atoms with E-state index in [4.69, 9.17) is 23.2 Å². The first-order valence-electron chi connectivity index (χ1n) is 7.80. The van der Waals surface area contributed by atoms with Crippen molar-refractivity contribution in [1.29, 1.82) is 0 Å². The lowest BCUT2D eigenvalue weighted by molar-refractivity contribution is -0.128. The summed E-state index contributed by atoms with van der Waals surface area (Å²) in [6, 6.07) is 8.92. The molecule has 0 aliphatic carbocycles. The molecule has 1 N–H and O–H groups in total. The standard InChI is InChI=1S/C18H16Cl2N2O3S/c1-21(8-11-4-5-14(19)15(20)7-11)17(24)13-10-22(18(25)16(13)23)9-12-3-2-6-26-12/h2-7,23H,8-10H2,1H3. The first-order chi connectivity index (χ1) is 12.4. The normalized spacial score (nSPS) is 14.3. The molecule has 0 saturated heterocycles. The Labute approximate surface area is 165 Å². The van der Waals surface area contributed by atoms with Crippen LogP contribution in [0.3, 0.4) is 0 Å². The van der Waals surface area contributed by atoms with E-state index in [0.29, 0.717) is 16.6 Å². The maximum absolute atomic E-state index is 12.7. The Bertz CT molecular complexity index is 881. The molecule has 136 valence electrons. The maximum atomic E-state index is 12.7. The molecule has 0 unspecified atom stereocenters. The van der Waals surface area contributed by atoms with E-state index in [1.807, 2.05) is 17.5 Å². The summed E-state index contributed by atoms with van der Waals surface area (Å²) < 4.78 is 0. The van der Waals surface area contributed by atoms with Crippen molar-refractivity contribution in [1.82, 2.24) is 9.80 Å². The van der Waals surface area contributed by atoms with Crippen molar-refractivity contribution < 1.29 is 14.7 Å². The third-order valence-corrected chi connectivity index (χ3v) is 5.66. The van der Waals surface area contributed by atoms with Crippen LogP contribution in [0.25, 0.3) is 0 Å². The molecule has 1 aromatic carbocycles. The van der Waals surface area contributed by atoms with Crippen molar-refractivity contribution in [3.8, 4) is 0 Å². The van der Waals surface area contributed by atoms with E-state index in [2.05, 4.69) is 0 Å². The molecule has 8 heteroatoms. The zero-order valence-corrected chi connectivity index (χ0v) is 16.2. The largest absolute Gasteiger partial charge is 0.503 e. The first-order valence-corrected chi connectivity index (χ1v) is 9.43. The smallest absolute Gasteiger partial charge is 0.289 e. The van der Waals surface area contributed by atoms with Gasteiger partial charge in [-0.3, -0.25) is 9.59 Å². The number of aliphatic hydroxyl groups excluding tert-OH is 1. The molecule has 0 saturated carbocycles. The molecule has 1 aliphatic rings. The number of carbonyl (C=O) groups is 2. The van der Waals surface area contributed by atoms with Gasteiger partial charge in [0, 0.05) is 18.5 Å². The lowest BCUT2D eigenvalue weighted by Gasteiger charge is -2.19. The van der Waals surface area contributed by atoms with Crippen molar-refractivity contribution >= 4 is 46.4 Å². The Morgan fingerprint density at radius 2 is 2.08 bits per heavy atom. The van der Waals surface area contributed by atoms with Gasteiger partial charge in [0.1, 0.15) is 0 Å². The van der Waals surface area contributed by atoms with Crippen LogP contribution in [-0.2, 0) is 22.7 Å². The molecule has 2 heterocycles. The zero-order chi connectivity index (χ0) is 18.8. The molecular weight excluding hydrogens is 395 g/mol. The van der Waals surface area contributed by atoms with E-state index in [1.165, 1.54) is 21.1 Å². The fourth-order valence-electron chi connectivity index (χ4n) is 2.72. The molecular formula is C18H16Cl2N2O3S. The zero-order valence-electron chi connectivity index (χ0n) is 13.9. The molecule has 26 heavy (non-hydrogen) atoms. The summed E-state index contributed by atoms with van der Waals surface area (Å²) in [6.07, 6.45) is 0. The van der Waals surface area contributed by atoms with Crippen molar-refractivity contribution in [3.05, 3.63) is 67.5 Å². The molecule has 0 bridgehead atoms. The van der Waals surface area contributed by atoms with Gasteiger partial charge in [0.2, 0.25) is 0 Å². The van der Waals surface area contributed by atoms with E-state index >= 15 is 0 Å². The molecule has 2 aromatic rings. The van der Waals surface area contributed by atoms with E-state index in [1.54, 1.807) is 25.2 Å². The molecule has 1 aliphatic heterocycles. The highest BCUT2D eigenvalue weighted by atomic mass is 35.5. The van der Waals surface area contributed by atoms with Gasteiger partial charge < -0.3 is 14.9 Å². The topological polar surface area (TPSA) is 60.9 Å². The minimum atomic E-state index is -0.523. The van der Waals surface area contributed by atoms with Gasteiger partial charge in [-0.1, -0.05) is 35.3 Å². The maximum Gasteiger partial charge on any atom is 0.289 e. The second-order valence-corrected chi connectivity index (χ2v) is 7.82. The Morgan fingerprint density at radius 1 is 1.31 bits per heavy atom. The fourth-order valence-corrected chi connectivity index (χ4v) is 3.76. The van der Waals surface area contributed by atoms with Gasteiger partial charge in [-0.05, 0) is 29.1 Å². The van der Waals surface area contributed by atoms with E-state index < -0.39 is 17.6 Å². The lowest BCUT2D eigenvalue weighted by atomic mass is 10.2. The van der Waals surface area contributed by atoms with Crippen molar-refractivity contribution in [2.24, 2.45) is 0 Å². The van der Waals surface area contributed by atoms with Crippen LogP contribution in [-0.4, -0.2) is 40.3 Å². The quantitative estimate of drug-likeness (QED) is 0.813. The summed E-state index contributed by atoms with van der Waals surface area (Å²) in [4.78, 5) is 28.8. The Morgan fingerprint density at radius 3 is 2.73 bits per heavy atom. The number of hydrogen-bond acceptors (Lipinski definition) is 4. The Hall–Kier alpha value is -2.02. The van der Waals surface area contributed by atoms with Crippen LogP contribution >= 0.6 is 34.5 Å². The van der Waals surface area contributed by atoms with Crippen LogP contribution in [0.15, 0.2) is 47.0 Å². The van der Waals surface area contributed by atoms with Gasteiger partial charge in [0.25, 0.3) is 11.8 Å². The van der Waals surface area contributed by atoms with Crippen LogP contribution in [0.1, 0.15) is 10.4 Å². The number of nitrogens with zero attached hydrogens (tertiary/aromatic N) is 2. The summed E-state index contributed by atoms with van der Waals surface area (Å²) in [7, 11) is 1.61. The summed E-state index contributed by atoms with van der Waals surface area (Å²) >= 11 is 13.4. The molecule has 0 fully saturated rings. The van der Waals surface area contributed by atoms with Gasteiger partial charge in [0.15, 0.2) is 5.76 Å². The molecule has 5 nitrogen and oxygen atoms in total. The van der Waals surface area contributed by atoms with Crippen molar-refractivity contribution in [3.63, 3.8) is 0 Å². The van der Waals surface area contributed by atoms with Crippen LogP contribution < -0.4 is 0 Å². The second-order valence-electron chi connectivity index (χ2n) is 5.98. The number of thiophene rings is 1. The number of amides is 2. The minimum absolute atomic E-state index is 0.0904. The third kappa shape index (κ3) is 3.87. The number of aliphatic hydroxyl groups is 1. The van der Waals surface area contributed by atoms with Crippen LogP contribution in [0.5, 0.6) is 0 Å². The van der Waals surface area contributed by atoms with Crippen molar-refractivity contribution in [2.45, 2.75) is 13.1 Å². The molecule has 0 spiro atoms. The highest BCUT2D eigenvalue weighted by Crippen LogP contribution is 2.25. The average molecular weight is 411 g/mol. The monoisotopic (exact) mass is 410 g/mol. The van der Waals surface area contributed by atoms with Crippen LogP contribution in [0.4, 0.5) is 0 Å². The van der Waals surface area contributed by atoms with Gasteiger partial charge >= 0.3 is 0 Å². The number of benzene rings is 1. The van der Waals surface area contributed by atoms with E-state index in [-0.39, 0.29) is 18.7 Å². The Balaban J connectivity index is 1.69. The summed E-state index contributed by atoms with van der Waals surface area (Å²) in [5.74, 6) is -1.40. The van der Waals surface area contributed by atoms with Gasteiger partial charge in [-0.2, -0.15) is 0 Å². The number of carbonyl (C=O) groups excluding carboxylic acids is 2. The third-order valence-electron chi connectivity index (χ3n) is 4.06. The number of hydrogen-bond donors (Lipinski definition) is 1. The van der Waals surface area contributed by atoms with Gasteiger partial charge in [-0.15, -0.1) is 11.3 Å². The summed E-state index contributed by atoms with van der Waals surface area (Å²) in [5.41, 5.74) is 0.907. The molecule has 3 rings (SSSR count).